The molecule has 1 aliphatic carbocycles. The second kappa shape index (κ2) is 6.23. The molecule has 0 aromatic rings. The van der Waals surface area contributed by atoms with Crippen molar-refractivity contribution in [2.75, 3.05) is 7.05 Å². The highest BCUT2D eigenvalue weighted by atomic mass is 19.1. The van der Waals surface area contributed by atoms with Crippen LogP contribution in [0.1, 0.15) is 19.3 Å². The van der Waals surface area contributed by atoms with Crippen LogP contribution in [0.25, 0.3) is 0 Å². The molecule has 4 heteroatoms. The topological polar surface area (TPSA) is 55.1 Å². The molecule has 0 saturated carbocycles. The molecule has 1 atom stereocenters. The Kier molecular flexibility index (Phi) is 4.92. The SMILES string of the molecule is CNC(=O)CC(N)CC1=C(F)C=CCC=C1. The van der Waals surface area contributed by atoms with E-state index in [0.717, 1.165) is 6.42 Å². The standard InChI is InChI=1S/C12H17FN2O/c1-15-12(16)8-10(14)7-9-5-3-2-4-6-11(9)13/h3-6,10H,2,7-8,14H2,1H3,(H,15,16). The summed E-state index contributed by atoms with van der Waals surface area (Å²) in [4.78, 5) is 11.1. The molecule has 0 radical (unpaired) electrons. The number of carbonyl (C=O) groups excluding carboxylic acids is 1. The zero-order valence-electron chi connectivity index (χ0n) is 9.37. The van der Waals surface area contributed by atoms with Crippen molar-refractivity contribution in [2.45, 2.75) is 25.3 Å². The van der Waals surface area contributed by atoms with Crippen LogP contribution in [0.3, 0.4) is 0 Å². The fourth-order valence-electron chi connectivity index (χ4n) is 1.51. The summed E-state index contributed by atoms with van der Waals surface area (Å²) in [5.41, 5.74) is 6.33. The lowest BCUT2D eigenvalue weighted by Crippen LogP contribution is -2.29. The van der Waals surface area contributed by atoms with E-state index >= 15 is 0 Å². The lowest BCUT2D eigenvalue weighted by atomic mass is 10.0. The Morgan fingerprint density at radius 2 is 2.25 bits per heavy atom. The first kappa shape index (κ1) is 12.6. The van der Waals surface area contributed by atoms with Crippen LogP contribution in [0, 0.1) is 0 Å². The van der Waals surface area contributed by atoms with E-state index in [0.29, 0.717) is 12.0 Å². The van der Waals surface area contributed by atoms with E-state index in [1.165, 1.54) is 6.08 Å². The molecule has 0 saturated heterocycles. The first-order valence-electron chi connectivity index (χ1n) is 5.31. The number of halogens is 1. The molecular formula is C12H17FN2O. The van der Waals surface area contributed by atoms with Gasteiger partial charge in [-0.05, 0) is 24.5 Å². The maximum Gasteiger partial charge on any atom is 0.221 e. The summed E-state index contributed by atoms with van der Waals surface area (Å²) in [6.45, 7) is 0. The molecule has 88 valence electrons. The molecule has 0 heterocycles. The highest BCUT2D eigenvalue weighted by molar-refractivity contribution is 5.76. The Morgan fingerprint density at radius 3 is 2.94 bits per heavy atom. The number of hydrogen-bond donors (Lipinski definition) is 2. The highest BCUT2D eigenvalue weighted by Gasteiger charge is 2.12. The van der Waals surface area contributed by atoms with Crippen LogP contribution in [-0.4, -0.2) is 19.0 Å². The number of nitrogens with two attached hydrogens (primary N) is 1. The lowest BCUT2D eigenvalue weighted by Gasteiger charge is -2.11. The number of rotatable bonds is 4. The molecule has 0 fully saturated rings. The predicted molar refractivity (Wildman–Crippen MR) is 62.3 cm³/mol. The summed E-state index contributed by atoms with van der Waals surface area (Å²) in [7, 11) is 1.56. The van der Waals surface area contributed by atoms with Gasteiger partial charge in [0, 0.05) is 19.5 Å². The van der Waals surface area contributed by atoms with Gasteiger partial charge in [-0.15, -0.1) is 0 Å². The summed E-state index contributed by atoms with van der Waals surface area (Å²) in [6, 6.07) is -0.350. The fourth-order valence-corrected chi connectivity index (χ4v) is 1.51. The van der Waals surface area contributed by atoms with Crippen molar-refractivity contribution in [3.8, 4) is 0 Å². The molecule has 16 heavy (non-hydrogen) atoms. The Bertz CT molecular complexity index is 345. The largest absolute Gasteiger partial charge is 0.359 e. The maximum atomic E-state index is 13.5. The quantitative estimate of drug-likeness (QED) is 0.761. The van der Waals surface area contributed by atoms with Gasteiger partial charge in [0.25, 0.3) is 0 Å². The first-order valence-corrected chi connectivity index (χ1v) is 5.31. The van der Waals surface area contributed by atoms with Crippen LogP contribution in [-0.2, 0) is 4.79 Å². The van der Waals surface area contributed by atoms with E-state index in [1.54, 1.807) is 19.2 Å². The molecule has 1 aliphatic rings. The van der Waals surface area contributed by atoms with E-state index in [2.05, 4.69) is 5.32 Å². The second-order valence-electron chi connectivity index (χ2n) is 3.76. The molecule has 0 spiro atoms. The van der Waals surface area contributed by atoms with Crippen molar-refractivity contribution in [1.82, 2.24) is 5.32 Å². The van der Waals surface area contributed by atoms with Crippen molar-refractivity contribution in [3.63, 3.8) is 0 Å². The Labute approximate surface area is 94.9 Å². The van der Waals surface area contributed by atoms with Crippen molar-refractivity contribution in [3.05, 3.63) is 35.7 Å². The summed E-state index contributed by atoms with van der Waals surface area (Å²) in [5.74, 6) is -0.386. The Hall–Kier alpha value is -1.42. The van der Waals surface area contributed by atoms with Gasteiger partial charge >= 0.3 is 0 Å². The van der Waals surface area contributed by atoms with Crippen LogP contribution in [0.4, 0.5) is 4.39 Å². The van der Waals surface area contributed by atoms with Gasteiger partial charge < -0.3 is 11.1 Å². The van der Waals surface area contributed by atoms with Gasteiger partial charge in [0.1, 0.15) is 5.83 Å². The smallest absolute Gasteiger partial charge is 0.221 e. The summed E-state index contributed by atoms with van der Waals surface area (Å²) in [6.07, 6.45) is 8.13. The fraction of sp³-hybridized carbons (Fsp3) is 0.417. The molecule has 0 aliphatic heterocycles. The molecule has 1 unspecified atom stereocenters. The van der Waals surface area contributed by atoms with Crippen molar-refractivity contribution < 1.29 is 9.18 Å². The Balaban J connectivity index is 2.58. The van der Waals surface area contributed by atoms with E-state index < -0.39 is 0 Å². The number of nitrogens with one attached hydrogen (secondary N) is 1. The maximum absolute atomic E-state index is 13.5. The first-order chi connectivity index (χ1) is 7.63. The third kappa shape index (κ3) is 3.98. The second-order valence-corrected chi connectivity index (χ2v) is 3.76. The van der Waals surface area contributed by atoms with Gasteiger partial charge in [0.15, 0.2) is 0 Å². The molecule has 0 bridgehead atoms. The normalized spacial score (nSPS) is 17.2. The van der Waals surface area contributed by atoms with E-state index in [9.17, 15) is 9.18 Å². The van der Waals surface area contributed by atoms with E-state index in [4.69, 9.17) is 5.73 Å². The zero-order valence-corrected chi connectivity index (χ0v) is 9.37. The van der Waals surface area contributed by atoms with Crippen molar-refractivity contribution in [2.24, 2.45) is 5.73 Å². The van der Waals surface area contributed by atoms with Gasteiger partial charge in [-0.25, -0.2) is 4.39 Å². The minimum absolute atomic E-state index is 0.123. The average molecular weight is 224 g/mol. The lowest BCUT2D eigenvalue weighted by molar-refractivity contribution is -0.120. The van der Waals surface area contributed by atoms with Gasteiger partial charge in [-0.1, -0.05) is 18.2 Å². The van der Waals surface area contributed by atoms with Crippen molar-refractivity contribution >= 4 is 5.91 Å². The molecule has 1 amide bonds. The molecule has 3 nitrogen and oxygen atoms in total. The van der Waals surface area contributed by atoms with Crippen LogP contribution in [0.2, 0.25) is 0 Å². The molecule has 3 N–H and O–H groups in total. The van der Waals surface area contributed by atoms with Crippen LogP contribution >= 0.6 is 0 Å². The summed E-state index contributed by atoms with van der Waals surface area (Å²) >= 11 is 0. The summed E-state index contributed by atoms with van der Waals surface area (Å²) < 4.78 is 13.5. The number of carbonyl (C=O) groups is 1. The van der Waals surface area contributed by atoms with E-state index in [-0.39, 0.29) is 24.2 Å². The average Bonchev–Trinajstić information content (AvgIpc) is 2.44. The van der Waals surface area contributed by atoms with Gasteiger partial charge in [-0.3, -0.25) is 4.79 Å². The van der Waals surface area contributed by atoms with Crippen molar-refractivity contribution in [1.29, 1.82) is 0 Å². The number of hydrogen-bond acceptors (Lipinski definition) is 2. The molecule has 1 rings (SSSR count). The van der Waals surface area contributed by atoms with Gasteiger partial charge in [-0.2, -0.15) is 0 Å². The van der Waals surface area contributed by atoms with Crippen LogP contribution < -0.4 is 11.1 Å². The summed E-state index contributed by atoms with van der Waals surface area (Å²) in [5, 5.41) is 2.50. The predicted octanol–water partition coefficient (Wildman–Crippen LogP) is 1.58. The third-order valence-corrected chi connectivity index (χ3v) is 2.37. The van der Waals surface area contributed by atoms with E-state index in [1.807, 2.05) is 6.08 Å². The third-order valence-electron chi connectivity index (χ3n) is 2.37. The minimum atomic E-state index is -0.350. The van der Waals surface area contributed by atoms with Gasteiger partial charge in [0.05, 0.1) is 0 Å². The number of allylic oxidation sites excluding steroid dienone is 5. The molecular weight excluding hydrogens is 207 g/mol. The number of amides is 1. The Morgan fingerprint density at radius 1 is 1.56 bits per heavy atom. The van der Waals surface area contributed by atoms with Crippen LogP contribution in [0.5, 0.6) is 0 Å². The minimum Gasteiger partial charge on any atom is -0.359 e. The van der Waals surface area contributed by atoms with Gasteiger partial charge in [0.2, 0.25) is 5.91 Å². The molecule has 0 aromatic carbocycles. The molecule has 0 aromatic heterocycles. The highest BCUT2D eigenvalue weighted by Crippen LogP contribution is 2.19. The monoisotopic (exact) mass is 224 g/mol. The zero-order chi connectivity index (χ0) is 12.0. The van der Waals surface area contributed by atoms with Crippen LogP contribution in [0.15, 0.2) is 35.7 Å².